The van der Waals surface area contributed by atoms with E-state index in [1.54, 1.807) is 30.3 Å². The van der Waals surface area contributed by atoms with Gasteiger partial charge in [-0.25, -0.2) is 4.79 Å². The van der Waals surface area contributed by atoms with Gasteiger partial charge in [-0.05, 0) is 29.8 Å². The Hall–Kier alpha value is -3.49. The van der Waals surface area contributed by atoms with Gasteiger partial charge >= 0.3 is 11.8 Å². The predicted molar refractivity (Wildman–Crippen MR) is 89.9 cm³/mol. The minimum Gasteiger partial charge on any atom is -0.480 e. The number of carbonyl (C=O) groups is 2. The van der Waals surface area contributed by atoms with Crippen molar-refractivity contribution in [2.45, 2.75) is 25.5 Å². The fourth-order valence-electron chi connectivity index (χ4n) is 2.65. The van der Waals surface area contributed by atoms with E-state index in [1.165, 1.54) is 19.9 Å². The van der Waals surface area contributed by atoms with E-state index in [9.17, 15) is 24.8 Å². The highest BCUT2D eigenvalue weighted by molar-refractivity contribution is 6.05. The Morgan fingerprint density at radius 1 is 1.27 bits per heavy atom. The monoisotopic (exact) mass is 357 g/mol. The normalized spacial score (nSPS) is 16.6. The molecule has 0 radical (unpaired) electrons. The number of carboxylic acids is 1. The zero-order valence-corrected chi connectivity index (χ0v) is 13.9. The summed E-state index contributed by atoms with van der Waals surface area (Å²) in [6, 6.07) is 11.0. The van der Waals surface area contributed by atoms with Crippen LogP contribution in [0.25, 0.3) is 0 Å². The number of carbonyl (C=O) groups excluding carboxylic acids is 1. The number of nitro groups is 1. The van der Waals surface area contributed by atoms with Crippen LogP contribution in [0.2, 0.25) is 0 Å². The summed E-state index contributed by atoms with van der Waals surface area (Å²) < 4.78 is 5.70. The first-order valence-electron chi connectivity index (χ1n) is 7.68. The van der Waals surface area contributed by atoms with Gasteiger partial charge in [-0.1, -0.05) is 30.3 Å². The molecular formula is C17H15N3O6. The third kappa shape index (κ3) is 2.73. The minimum absolute atomic E-state index is 0.0957. The average Bonchev–Trinajstić information content (AvgIpc) is 2.60. The highest BCUT2D eigenvalue weighted by Gasteiger charge is 2.49. The molecule has 1 unspecified atom stereocenters. The van der Waals surface area contributed by atoms with Crippen LogP contribution in [0.4, 0.5) is 11.6 Å². The summed E-state index contributed by atoms with van der Waals surface area (Å²) in [4.78, 5) is 39.9. The average molecular weight is 357 g/mol. The summed E-state index contributed by atoms with van der Waals surface area (Å²) in [5.41, 5.74) is -1.15. The molecule has 1 aromatic heterocycles. The fraction of sp³-hybridized carbons (Fsp3) is 0.235. The van der Waals surface area contributed by atoms with Crippen molar-refractivity contribution < 1.29 is 24.4 Å². The van der Waals surface area contributed by atoms with E-state index in [-0.39, 0.29) is 11.6 Å². The van der Waals surface area contributed by atoms with Gasteiger partial charge in [0.15, 0.2) is 5.75 Å². The molecule has 0 spiro atoms. The van der Waals surface area contributed by atoms with E-state index in [0.717, 1.165) is 11.0 Å². The number of fused-ring (bicyclic) bond motifs is 1. The largest absolute Gasteiger partial charge is 0.480 e. The maximum Gasteiger partial charge on any atom is 0.366 e. The molecule has 3 rings (SSSR count). The number of benzene rings is 1. The predicted octanol–water partition coefficient (Wildman–Crippen LogP) is 2.32. The zero-order chi connectivity index (χ0) is 19.1. The topological polar surface area (TPSA) is 123 Å². The number of nitrogens with zero attached hydrogens (tertiary/aromatic N) is 3. The molecule has 134 valence electrons. The van der Waals surface area contributed by atoms with Crippen molar-refractivity contribution in [1.29, 1.82) is 0 Å². The molecule has 9 heteroatoms. The number of aromatic nitrogens is 1. The van der Waals surface area contributed by atoms with Gasteiger partial charge in [0.25, 0.3) is 11.7 Å². The van der Waals surface area contributed by atoms with E-state index >= 15 is 0 Å². The van der Waals surface area contributed by atoms with Gasteiger partial charge in [0.2, 0.25) is 6.10 Å². The Balaban J connectivity index is 2.19. The van der Waals surface area contributed by atoms with Crippen molar-refractivity contribution in [1.82, 2.24) is 4.98 Å². The second-order valence-electron chi connectivity index (χ2n) is 6.19. The lowest BCUT2D eigenvalue weighted by molar-refractivity contribution is -0.389. The Labute approximate surface area is 148 Å². The van der Waals surface area contributed by atoms with Gasteiger partial charge in [0.1, 0.15) is 5.54 Å². The summed E-state index contributed by atoms with van der Waals surface area (Å²) in [7, 11) is 0. The van der Waals surface area contributed by atoms with Gasteiger partial charge < -0.3 is 20.0 Å². The standard InChI is InChI=1S/C17H15N3O6/c1-17(2,16(22)23)19-14-11(8-9-12(18-14)20(24)25)26-13(15(19)21)10-6-4-3-5-7-10/h3-9,13H,1-2H3,(H,22,23). The molecule has 0 saturated carbocycles. The number of carboxylic acid groups (broad SMARTS) is 1. The maximum atomic E-state index is 13.0. The van der Waals surface area contributed by atoms with Gasteiger partial charge in [-0.15, -0.1) is 0 Å². The zero-order valence-electron chi connectivity index (χ0n) is 13.9. The third-order valence-electron chi connectivity index (χ3n) is 4.10. The molecule has 1 amide bonds. The van der Waals surface area contributed by atoms with E-state index < -0.39 is 34.3 Å². The van der Waals surface area contributed by atoms with Crippen molar-refractivity contribution in [3.05, 3.63) is 58.1 Å². The smallest absolute Gasteiger partial charge is 0.366 e. The lowest BCUT2D eigenvalue weighted by atomic mass is 9.98. The molecule has 2 aromatic rings. The van der Waals surface area contributed by atoms with E-state index in [0.29, 0.717) is 5.56 Å². The van der Waals surface area contributed by atoms with E-state index in [2.05, 4.69) is 4.98 Å². The second-order valence-corrected chi connectivity index (χ2v) is 6.19. The van der Waals surface area contributed by atoms with Crippen LogP contribution in [-0.4, -0.2) is 32.4 Å². The van der Waals surface area contributed by atoms with Crippen LogP contribution in [0, 0.1) is 10.1 Å². The second kappa shape index (κ2) is 6.10. The molecule has 1 aliphatic rings. The number of anilines is 1. The van der Waals surface area contributed by atoms with Crippen molar-refractivity contribution in [3.63, 3.8) is 0 Å². The Morgan fingerprint density at radius 3 is 2.50 bits per heavy atom. The molecule has 1 N–H and O–H groups in total. The summed E-state index contributed by atoms with van der Waals surface area (Å²) in [6.45, 7) is 2.65. The molecule has 0 saturated heterocycles. The maximum absolute atomic E-state index is 13.0. The summed E-state index contributed by atoms with van der Waals surface area (Å²) >= 11 is 0. The molecule has 1 aromatic carbocycles. The van der Waals surface area contributed by atoms with Gasteiger partial charge in [0.05, 0.1) is 0 Å². The SMILES string of the molecule is CC(C)(C(=O)O)N1C(=O)C(c2ccccc2)Oc2ccc([N+](=O)[O-])nc21. The minimum atomic E-state index is -1.69. The Bertz CT molecular complexity index is 897. The number of hydrogen-bond donors (Lipinski definition) is 1. The number of amides is 1. The molecule has 1 atom stereocenters. The van der Waals surface area contributed by atoms with Crippen molar-refractivity contribution in [2.75, 3.05) is 4.90 Å². The first-order chi connectivity index (χ1) is 12.2. The highest BCUT2D eigenvalue weighted by Crippen LogP contribution is 2.42. The van der Waals surface area contributed by atoms with Crippen LogP contribution in [0.1, 0.15) is 25.5 Å². The Morgan fingerprint density at radius 2 is 1.92 bits per heavy atom. The molecular weight excluding hydrogens is 342 g/mol. The summed E-state index contributed by atoms with van der Waals surface area (Å²) in [5.74, 6) is -2.55. The van der Waals surface area contributed by atoms with E-state index in [4.69, 9.17) is 4.74 Å². The van der Waals surface area contributed by atoms with Crippen LogP contribution < -0.4 is 9.64 Å². The van der Waals surface area contributed by atoms with E-state index in [1.807, 2.05) is 0 Å². The first kappa shape index (κ1) is 17.3. The fourth-order valence-corrected chi connectivity index (χ4v) is 2.65. The lowest BCUT2D eigenvalue weighted by Gasteiger charge is -2.38. The van der Waals surface area contributed by atoms with Crippen LogP contribution in [0.3, 0.4) is 0 Å². The number of pyridine rings is 1. The van der Waals surface area contributed by atoms with Crippen molar-refractivity contribution in [2.24, 2.45) is 0 Å². The molecule has 26 heavy (non-hydrogen) atoms. The molecule has 9 nitrogen and oxygen atoms in total. The third-order valence-corrected chi connectivity index (χ3v) is 4.10. The number of rotatable bonds is 4. The molecule has 0 fully saturated rings. The Kier molecular flexibility index (Phi) is 4.07. The lowest BCUT2D eigenvalue weighted by Crippen LogP contribution is -2.57. The van der Waals surface area contributed by atoms with Gasteiger partial charge in [0, 0.05) is 11.6 Å². The summed E-state index contributed by atoms with van der Waals surface area (Å²) in [6.07, 6.45) is -1.08. The van der Waals surface area contributed by atoms with Crippen LogP contribution in [-0.2, 0) is 9.59 Å². The first-order valence-corrected chi connectivity index (χ1v) is 7.68. The molecule has 2 heterocycles. The quantitative estimate of drug-likeness (QED) is 0.658. The van der Waals surface area contributed by atoms with Crippen LogP contribution >= 0.6 is 0 Å². The summed E-state index contributed by atoms with van der Waals surface area (Å²) in [5, 5.41) is 20.6. The van der Waals surface area contributed by atoms with Crippen molar-refractivity contribution >= 4 is 23.5 Å². The van der Waals surface area contributed by atoms with Crippen molar-refractivity contribution in [3.8, 4) is 5.75 Å². The number of ether oxygens (including phenoxy) is 1. The van der Waals surface area contributed by atoms with Gasteiger partial charge in [-0.3, -0.25) is 9.69 Å². The number of hydrogen-bond acceptors (Lipinski definition) is 6. The molecule has 1 aliphatic heterocycles. The number of aliphatic carboxylic acids is 1. The molecule has 0 aliphatic carbocycles. The molecule has 0 bridgehead atoms. The van der Waals surface area contributed by atoms with Crippen LogP contribution in [0.15, 0.2) is 42.5 Å². The van der Waals surface area contributed by atoms with Gasteiger partial charge in [-0.2, -0.15) is 0 Å². The van der Waals surface area contributed by atoms with Crippen LogP contribution in [0.5, 0.6) is 5.75 Å². The highest BCUT2D eigenvalue weighted by atomic mass is 16.6.